The minimum Gasteiger partial charge on any atom is -0.292 e. The van der Waals surface area contributed by atoms with Gasteiger partial charge in [-0.15, -0.1) is 22.7 Å². The maximum absolute atomic E-state index is 9.07. The van der Waals surface area contributed by atoms with Crippen LogP contribution in [0.25, 0.3) is 0 Å². The van der Waals surface area contributed by atoms with Crippen LogP contribution in [-0.4, -0.2) is 4.98 Å². The smallest absolute Gasteiger partial charge is 0.139 e. The van der Waals surface area contributed by atoms with Gasteiger partial charge in [0.25, 0.3) is 0 Å². The number of thiophene rings is 1. The van der Waals surface area contributed by atoms with Crippen molar-refractivity contribution in [3.63, 3.8) is 0 Å². The van der Waals surface area contributed by atoms with Crippen LogP contribution in [0.5, 0.6) is 0 Å². The Bertz CT molecular complexity index is 482. The zero-order valence-corrected chi connectivity index (χ0v) is 10.4. The number of aryl methyl sites for hydroxylation is 1. The molecule has 2 aromatic heterocycles. The van der Waals surface area contributed by atoms with Crippen molar-refractivity contribution < 1.29 is 0 Å². The van der Waals surface area contributed by atoms with Gasteiger partial charge >= 0.3 is 0 Å². The first kappa shape index (κ1) is 11.3. The van der Waals surface area contributed by atoms with Gasteiger partial charge in [0.1, 0.15) is 6.04 Å². The van der Waals surface area contributed by atoms with E-state index in [1.807, 2.05) is 23.8 Å². The molecule has 1 N–H and O–H groups in total. The summed E-state index contributed by atoms with van der Waals surface area (Å²) in [5.74, 6) is 0. The standard InChI is InChI=1S/C11H11N3S2/c1-8-14-11(7-16-8)10(5-12)13-6-9-3-2-4-15-9/h2-4,7,10,13H,6H2,1H3. The van der Waals surface area contributed by atoms with Crippen molar-refractivity contribution in [1.82, 2.24) is 10.3 Å². The number of nitrogens with one attached hydrogen (secondary N) is 1. The topological polar surface area (TPSA) is 48.7 Å². The van der Waals surface area contributed by atoms with Crippen LogP contribution in [-0.2, 0) is 6.54 Å². The molecule has 2 rings (SSSR count). The zero-order valence-electron chi connectivity index (χ0n) is 8.80. The lowest BCUT2D eigenvalue weighted by atomic mass is 10.2. The molecule has 0 saturated heterocycles. The molecule has 0 saturated carbocycles. The van der Waals surface area contributed by atoms with E-state index >= 15 is 0 Å². The second-order valence-corrected chi connectivity index (χ2v) is 5.41. The molecule has 0 bridgehead atoms. The van der Waals surface area contributed by atoms with Crippen molar-refractivity contribution >= 4 is 22.7 Å². The SMILES string of the molecule is Cc1nc(C(C#N)NCc2cccs2)cs1. The number of aromatic nitrogens is 1. The number of hydrogen-bond donors (Lipinski definition) is 1. The predicted octanol–water partition coefficient (Wildman–Crippen LogP) is 2.87. The van der Waals surface area contributed by atoms with Gasteiger partial charge in [-0.1, -0.05) is 6.07 Å². The Kier molecular flexibility index (Phi) is 3.67. The molecule has 1 atom stereocenters. The number of hydrogen-bond acceptors (Lipinski definition) is 5. The Morgan fingerprint density at radius 3 is 3.00 bits per heavy atom. The third-order valence-corrected chi connectivity index (χ3v) is 3.79. The average Bonchev–Trinajstić information content (AvgIpc) is 2.91. The van der Waals surface area contributed by atoms with E-state index in [1.165, 1.54) is 4.88 Å². The van der Waals surface area contributed by atoms with Gasteiger partial charge in [0.2, 0.25) is 0 Å². The van der Waals surface area contributed by atoms with E-state index in [0.29, 0.717) is 6.54 Å². The number of rotatable bonds is 4. The first-order chi connectivity index (χ1) is 7.79. The van der Waals surface area contributed by atoms with Crippen LogP contribution >= 0.6 is 22.7 Å². The highest BCUT2D eigenvalue weighted by Gasteiger charge is 2.12. The molecule has 2 heterocycles. The van der Waals surface area contributed by atoms with Gasteiger partial charge in [0.05, 0.1) is 16.8 Å². The highest BCUT2D eigenvalue weighted by Crippen LogP contribution is 2.17. The lowest BCUT2D eigenvalue weighted by Gasteiger charge is -2.07. The fourth-order valence-corrected chi connectivity index (χ4v) is 2.64. The maximum atomic E-state index is 9.07. The van der Waals surface area contributed by atoms with Gasteiger partial charge in [-0.2, -0.15) is 5.26 Å². The van der Waals surface area contributed by atoms with Crippen LogP contribution in [0.3, 0.4) is 0 Å². The van der Waals surface area contributed by atoms with Crippen LogP contribution in [0.2, 0.25) is 0 Å². The molecule has 0 aromatic carbocycles. The summed E-state index contributed by atoms with van der Waals surface area (Å²) in [6.07, 6.45) is 0. The van der Waals surface area contributed by atoms with E-state index in [0.717, 1.165) is 10.7 Å². The molecule has 16 heavy (non-hydrogen) atoms. The Hall–Kier alpha value is -1.22. The van der Waals surface area contributed by atoms with E-state index < -0.39 is 0 Å². The van der Waals surface area contributed by atoms with Crippen LogP contribution in [0.1, 0.15) is 21.6 Å². The summed E-state index contributed by atoms with van der Waals surface area (Å²) < 4.78 is 0. The summed E-state index contributed by atoms with van der Waals surface area (Å²) in [4.78, 5) is 5.55. The molecule has 0 fully saturated rings. The highest BCUT2D eigenvalue weighted by molar-refractivity contribution is 7.10. The summed E-state index contributed by atoms with van der Waals surface area (Å²) in [7, 11) is 0. The largest absolute Gasteiger partial charge is 0.292 e. The molecule has 0 radical (unpaired) electrons. The third kappa shape index (κ3) is 2.67. The maximum Gasteiger partial charge on any atom is 0.139 e. The van der Waals surface area contributed by atoms with Crippen LogP contribution in [0.4, 0.5) is 0 Å². The molecule has 5 heteroatoms. The van der Waals surface area contributed by atoms with E-state index in [4.69, 9.17) is 5.26 Å². The van der Waals surface area contributed by atoms with E-state index in [9.17, 15) is 0 Å². The summed E-state index contributed by atoms with van der Waals surface area (Å²) in [5, 5.41) is 17.2. The molecule has 0 aliphatic carbocycles. The van der Waals surface area contributed by atoms with Crippen molar-refractivity contribution in [3.05, 3.63) is 38.5 Å². The molecule has 0 aliphatic heterocycles. The molecular weight excluding hydrogens is 238 g/mol. The van der Waals surface area contributed by atoms with Crippen LogP contribution in [0, 0.1) is 18.3 Å². The number of thiazole rings is 1. The second kappa shape index (κ2) is 5.21. The Balaban J connectivity index is 1.99. The minimum atomic E-state index is -0.313. The van der Waals surface area contributed by atoms with Crippen molar-refractivity contribution in [1.29, 1.82) is 5.26 Å². The van der Waals surface area contributed by atoms with Crippen molar-refractivity contribution in [2.75, 3.05) is 0 Å². The molecule has 1 unspecified atom stereocenters. The Morgan fingerprint density at radius 2 is 2.44 bits per heavy atom. The lowest BCUT2D eigenvalue weighted by Crippen LogP contribution is -2.19. The fourth-order valence-electron chi connectivity index (χ4n) is 1.34. The van der Waals surface area contributed by atoms with Crippen molar-refractivity contribution in [2.24, 2.45) is 0 Å². The molecule has 0 spiro atoms. The number of nitrogens with zero attached hydrogens (tertiary/aromatic N) is 2. The lowest BCUT2D eigenvalue weighted by molar-refractivity contribution is 0.624. The quantitative estimate of drug-likeness (QED) is 0.906. The molecule has 2 aromatic rings. The summed E-state index contributed by atoms with van der Waals surface area (Å²) in [6, 6.07) is 5.98. The van der Waals surface area contributed by atoms with Gasteiger partial charge in [-0.25, -0.2) is 4.98 Å². The first-order valence-corrected chi connectivity index (χ1v) is 6.63. The summed E-state index contributed by atoms with van der Waals surface area (Å²) in [5.41, 5.74) is 0.821. The summed E-state index contributed by atoms with van der Waals surface area (Å²) in [6.45, 7) is 2.66. The monoisotopic (exact) mass is 249 g/mol. The van der Waals surface area contributed by atoms with Gasteiger partial charge in [-0.3, -0.25) is 5.32 Å². The van der Waals surface area contributed by atoms with Gasteiger partial charge in [-0.05, 0) is 18.4 Å². The second-order valence-electron chi connectivity index (χ2n) is 3.31. The Morgan fingerprint density at radius 1 is 1.56 bits per heavy atom. The van der Waals surface area contributed by atoms with Crippen LogP contribution < -0.4 is 5.32 Å². The normalized spacial score (nSPS) is 12.2. The fraction of sp³-hybridized carbons (Fsp3) is 0.273. The predicted molar refractivity (Wildman–Crippen MR) is 66.4 cm³/mol. The van der Waals surface area contributed by atoms with Crippen molar-refractivity contribution in [3.8, 4) is 6.07 Å². The van der Waals surface area contributed by atoms with Crippen molar-refractivity contribution in [2.45, 2.75) is 19.5 Å². The van der Waals surface area contributed by atoms with E-state index in [-0.39, 0.29) is 6.04 Å². The minimum absolute atomic E-state index is 0.313. The highest BCUT2D eigenvalue weighted by atomic mass is 32.1. The molecule has 0 aliphatic rings. The van der Waals surface area contributed by atoms with E-state index in [2.05, 4.69) is 22.4 Å². The third-order valence-electron chi connectivity index (χ3n) is 2.12. The number of nitriles is 1. The summed E-state index contributed by atoms with van der Waals surface area (Å²) >= 11 is 3.26. The first-order valence-electron chi connectivity index (χ1n) is 4.87. The average molecular weight is 249 g/mol. The molecular formula is C11H11N3S2. The molecule has 82 valence electrons. The van der Waals surface area contributed by atoms with Gasteiger partial charge in [0, 0.05) is 16.8 Å². The zero-order chi connectivity index (χ0) is 11.4. The molecule has 0 amide bonds. The van der Waals surface area contributed by atoms with Crippen LogP contribution in [0.15, 0.2) is 22.9 Å². The van der Waals surface area contributed by atoms with Gasteiger partial charge in [0.15, 0.2) is 0 Å². The molecule has 3 nitrogen and oxygen atoms in total. The van der Waals surface area contributed by atoms with E-state index in [1.54, 1.807) is 22.7 Å². The Labute approximate surface area is 102 Å². The van der Waals surface area contributed by atoms with Gasteiger partial charge < -0.3 is 0 Å².